The highest BCUT2D eigenvalue weighted by molar-refractivity contribution is 5.78. The Morgan fingerprint density at radius 1 is 1.21 bits per heavy atom. The first-order chi connectivity index (χ1) is 14.0. The smallest absolute Gasteiger partial charge is 0.151 e. The van der Waals surface area contributed by atoms with E-state index in [-0.39, 0.29) is 5.54 Å². The predicted molar refractivity (Wildman–Crippen MR) is 129 cm³/mol. The molecule has 3 heterocycles. The molecule has 0 bridgehead atoms. The molecule has 1 spiro atoms. The molecule has 164 valence electrons. The molecule has 2 aliphatic rings. The molecule has 1 saturated heterocycles. The molecule has 1 aromatic rings. The van der Waals surface area contributed by atoms with Gasteiger partial charge in [-0.15, -0.1) is 0 Å². The highest BCUT2D eigenvalue weighted by Crippen LogP contribution is 2.46. The van der Waals surface area contributed by atoms with Gasteiger partial charge in [0.1, 0.15) is 0 Å². The van der Waals surface area contributed by atoms with E-state index in [1.165, 1.54) is 5.70 Å². The molecule has 0 saturated carbocycles. The summed E-state index contributed by atoms with van der Waals surface area (Å²) in [6.07, 6.45) is 7.60. The third kappa shape index (κ3) is 5.63. The van der Waals surface area contributed by atoms with Crippen molar-refractivity contribution in [2.75, 3.05) is 23.3 Å². The highest BCUT2D eigenvalue weighted by Gasteiger charge is 2.44. The van der Waals surface area contributed by atoms with Crippen LogP contribution in [-0.2, 0) is 0 Å². The molecule has 1 unspecified atom stereocenters. The fraction of sp³-hybridized carbons (Fsp3) is 0.640. The summed E-state index contributed by atoms with van der Waals surface area (Å²) in [7, 11) is 0. The number of aromatic nitrogens is 1. The second-order valence-corrected chi connectivity index (χ2v) is 7.75. The van der Waals surface area contributed by atoms with Gasteiger partial charge >= 0.3 is 0 Å². The van der Waals surface area contributed by atoms with Gasteiger partial charge in [0.15, 0.2) is 5.82 Å². The first kappa shape index (κ1) is 25.2. The first-order valence-corrected chi connectivity index (χ1v) is 11.6. The predicted octanol–water partition coefficient (Wildman–Crippen LogP) is 6.59. The zero-order chi connectivity index (χ0) is 22.0. The summed E-state index contributed by atoms with van der Waals surface area (Å²) >= 11 is 0. The van der Waals surface area contributed by atoms with Crippen LogP contribution in [0.5, 0.6) is 0 Å². The average Bonchev–Trinajstić information content (AvgIpc) is 2.77. The molecular weight excluding hydrogens is 356 g/mol. The molecule has 29 heavy (non-hydrogen) atoms. The molecule has 1 fully saturated rings. The molecule has 3 rings (SSSR count). The molecule has 1 atom stereocenters. The molecule has 2 aliphatic heterocycles. The number of nitrogens with one attached hydrogen (secondary N) is 2. The van der Waals surface area contributed by atoms with Crippen LogP contribution in [0.1, 0.15) is 74.7 Å². The number of pyridine rings is 1. The van der Waals surface area contributed by atoms with Crippen LogP contribution in [-0.4, -0.2) is 23.6 Å². The van der Waals surface area contributed by atoms with Gasteiger partial charge in [0.25, 0.3) is 0 Å². The van der Waals surface area contributed by atoms with E-state index in [9.17, 15) is 0 Å². The van der Waals surface area contributed by atoms with E-state index in [0.29, 0.717) is 11.8 Å². The van der Waals surface area contributed by atoms with E-state index in [1.807, 2.05) is 40.0 Å². The Morgan fingerprint density at radius 2 is 1.83 bits per heavy atom. The average molecular weight is 401 g/mol. The third-order valence-electron chi connectivity index (χ3n) is 5.61. The lowest BCUT2D eigenvalue weighted by Gasteiger charge is -2.50. The van der Waals surface area contributed by atoms with Gasteiger partial charge in [0.2, 0.25) is 0 Å². The summed E-state index contributed by atoms with van der Waals surface area (Å²) in [6.45, 7) is 23.5. The number of rotatable bonds is 4. The van der Waals surface area contributed by atoms with Crippen LogP contribution >= 0.6 is 0 Å². The van der Waals surface area contributed by atoms with Gasteiger partial charge in [-0.2, -0.15) is 0 Å². The molecular formula is C25H44N4. The summed E-state index contributed by atoms with van der Waals surface area (Å²) in [5.41, 5.74) is 3.57. The van der Waals surface area contributed by atoms with Crippen LogP contribution in [0.2, 0.25) is 0 Å². The lowest BCUT2D eigenvalue weighted by atomic mass is 9.80. The van der Waals surface area contributed by atoms with Crippen molar-refractivity contribution in [2.45, 2.75) is 80.2 Å². The van der Waals surface area contributed by atoms with Gasteiger partial charge < -0.3 is 15.5 Å². The zero-order valence-corrected chi connectivity index (χ0v) is 20.1. The highest BCUT2D eigenvalue weighted by atomic mass is 15.3. The Morgan fingerprint density at radius 3 is 2.38 bits per heavy atom. The molecule has 0 aromatic carbocycles. The van der Waals surface area contributed by atoms with Crippen molar-refractivity contribution >= 4 is 11.5 Å². The Labute approximate surface area is 179 Å². The SMILES string of the molecule is C=C(C(C)C)N1/C(=C\C(C)CC)C2(CCNCC2)Nc2ncccc21.CC.CC. The first-order valence-electron chi connectivity index (χ1n) is 11.6. The number of fused-ring (bicyclic) bond motifs is 1. The van der Waals surface area contributed by atoms with Gasteiger partial charge in [0, 0.05) is 17.6 Å². The molecule has 0 aliphatic carbocycles. The molecule has 4 nitrogen and oxygen atoms in total. The Hall–Kier alpha value is -1.81. The van der Waals surface area contributed by atoms with E-state index in [1.54, 1.807) is 0 Å². The number of nitrogens with zero attached hydrogens (tertiary/aromatic N) is 2. The van der Waals surface area contributed by atoms with Crippen LogP contribution in [0.4, 0.5) is 11.5 Å². The normalized spacial score (nSPS) is 19.3. The summed E-state index contributed by atoms with van der Waals surface area (Å²) in [6, 6.07) is 4.17. The molecule has 1 aromatic heterocycles. The minimum Gasteiger partial charge on any atom is -0.357 e. The lowest BCUT2D eigenvalue weighted by Crippen LogP contribution is -2.56. The molecule has 4 heteroatoms. The monoisotopic (exact) mass is 400 g/mol. The number of piperidine rings is 1. The number of allylic oxidation sites excluding steroid dienone is 2. The quantitative estimate of drug-likeness (QED) is 0.598. The van der Waals surface area contributed by atoms with Crippen LogP contribution in [0.3, 0.4) is 0 Å². The number of hydrogen-bond donors (Lipinski definition) is 2. The molecule has 2 N–H and O–H groups in total. The van der Waals surface area contributed by atoms with Crippen LogP contribution in [0.15, 0.2) is 42.4 Å². The zero-order valence-electron chi connectivity index (χ0n) is 20.1. The maximum absolute atomic E-state index is 4.65. The van der Waals surface area contributed by atoms with Crippen LogP contribution in [0.25, 0.3) is 0 Å². The lowest BCUT2D eigenvalue weighted by molar-refractivity contribution is 0.369. The topological polar surface area (TPSA) is 40.2 Å². The Bertz CT molecular complexity index is 657. The van der Waals surface area contributed by atoms with E-state index >= 15 is 0 Å². The molecule has 0 amide bonds. The van der Waals surface area contributed by atoms with E-state index < -0.39 is 0 Å². The fourth-order valence-electron chi connectivity index (χ4n) is 3.73. The summed E-state index contributed by atoms with van der Waals surface area (Å²) in [5, 5.41) is 7.32. The minimum atomic E-state index is -0.0616. The van der Waals surface area contributed by atoms with Gasteiger partial charge in [-0.25, -0.2) is 4.98 Å². The van der Waals surface area contributed by atoms with Crippen molar-refractivity contribution < 1.29 is 0 Å². The van der Waals surface area contributed by atoms with Crippen molar-refractivity contribution in [3.05, 3.63) is 42.4 Å². The Balaban J connectivity index is 0.000000989. The summed E-state index contributed by atoms with van der Waals surface area (Å²) in [4.78, 5) is 7.04. The number of anilines is 2. The van der Waals surface area contributed by atoms with Crippen LogP contribution in [0, 0.1) is 11.8 Å². The van der Waals surface area contributed by atoms with Gasteiger partial charge in [-0.1, -0.05) is 74.5 Å². The number of hydrogen-bond acceptors (Lipinski definition) is 4. The van der Waals surface area contributed by atoms with E-state index in [2.05, 4.69) is 66.9 Å². The maximum Gasteiger partial charge on any atom is 0.151 e. The second kappa shape index (κ2) is 12.0. The van der Waals surface area contributed by atoms with Crippen molar-refractivity contribution in [2.24, 2.45) is 11.8 Å². The standard InChI is InChI=1S/C21H32N4.2C2H6/c1-6-16(4)14-19-21(9-12-22-13-10-21)24-20-18(8-7-11-23-20)25(19)17(5)15(2)3;2*1-2/h7-8,11,14-16,22H,5-6,9-10,12-13H2,1-4H3,(H,23,24);2*1-2H3/b19-14-;;. The van der Waals surface area contributed by atoms with E-state index in [4.69, 9.17) is 0 Å². The van der Waals surface area contributed by atoms with Gasteiger partial charge in [-0.05, 0) is 49.9 Å². The largest absolute Gasteiger partial charge is 0.357 e. The van der Waals surface area contributed by atoms with Crippen molar-refractivity contribution in [1.82, 2.24) is 10.3 Å². The maximum atomic E-state index is 4.65. The van der Waals surface area contributed by atoms with Gasteiger partial charge in [-0.3, -0.25) is 0 Å². The van der Waals surface area contributed by atoms with Crippen molar-refractivity contribution in [3.63, 3.8) is 0 Å². The summed E-state index contributed by atoms with van der Waals surface area (Å²) < 4.78 is 0. The summed E-state index contributed by atoms with van der Waals surface area (Å²) in [5.74, 6) is 1.89. The fourth-order valence-corrected chi connectivity index (χ4v) is 3.73. The minimum absolute atomic E-state index is 0.0616. The van der Waals surface area contributed by atoms with Crippen LogP contribution < -0.4 is 15.5 Å². The van der Waals surface area contributed by atoms with E-state index in [0.717, 1.165) is 49.6 Å². The molecule has 0 radical (unpaired) electrons. The third-order valence-corrected chi connectivity index (χ3v) is 5.61. The van der Waals surface area contributed by atoms with Gasteiger partial charge in [0.05, 0.1) is 11.2 Å². The Kier molecular flexibility index (Phi) is 10.5. The van der Waals surface area contributed by atoms with Crippen molar-refractivity contribution in [1.29, 1.82) is 0 Å². The second-order valence-electron chi connectivity index (χ2n) is 7.75. The van der Waals surface area contributed by atoms with Crippen molar-refractivity contribution in [3.8, 4) is 0 Å².